The Balaban J connectivity index is 1.74. The van der Waals surface area contributed by atoms with Crippen LogP contribution in [0.15, 0.2) is 23.8 Å². The molecule has 0 unspecified atom stereocenters. The van der Waals surface area contributed by atoms with Gasteiger partial charge in [-0.1, -0.05) is 44.4 Å². The molecular weight excluding hydrogens is 196 g/mol. The van der Waals surface area contributed by atoms with Crippen LogP contribution < -0.4 is 0 Å². The third kappa shape index (κ3) is 2.63. The lowest BCUT2D eigenvalue weighted by atomic mass is 9.76. The number of carbonyl (C=O) groups excluding carboxylic acids is 1. The smallest absolute Gasteiger partial charge is 0.165 e. The molecule has 2 rings (SSSR count). The molecule has 0 atom stereocenters. The molecule has 1 fully saturated rings. The van der Waals surface area contributed by atoms with Crippen molar-refractivity contribution in [3.63, 3.8) is 0 Å². The van der Waals surface area contributed by atoms with Crippen LogP contribution in [0.25, 0.3) is 0 Å². The highest BCUT2D eigenvalue weighted by Gasteiger charge is 2.27. The maximum absolute atomic E-state index is 12.0. The second-order valence-electron chi connectivity index (χ2n) is 5.21. The quantitative estimate of drug-likeness (QED) is 0.680. The summed E-state index contributed by atoms with van der Waals surface area (Å²) in [5.41, 5.74) is 0.956. The topological polar surface area (TPSA) is 17.1 Å². The summed E-state index contributed by atoms with van der Waals surface area (Å²) in [6.45, 7) is 2.25. The molecule has 0 spiro atoms. The fourth-order valence-electron chi connectivity index (χ4n) is 2.80. The number of carbonyl (C=O) groups is 1. The maximum Gasteiger partial charge on any atom is 0.165 e. The van der Waals surface area contributed by atoms with Crippen molar-refractivity contribution in [3.8, 4) is 0 Å². The molecule has 0 aromatic heterocycles. The van der Waals surface area contributed by atoms with Gasteiger partial charge in [-0.05, 0) is 31.6 Å². The van der Waals surface area contributed by atoms with E-state index in [0.29, 0.717) is 11.7 Å². The van der Waals surface area contributed by atoms with Crippen molar-refractivity contribution in [1.29, 1.82) is 0 Å². The Labute approximate surface area is 98.6 Å². The summed E-state index contributed by atoms with van der Waals surface area (Å²) in [5, 5.41) is 0. The van der Waals surface area contributed by atoms with Gasteiger partial charge < -0.3 is 0 Å². The van der Waals surface area contributed by atoms with Crippen LogP contribution in [-0.4, -0.2) is 5.78 Å². The van der Waals surface area contributed by atoms with Crippen LogP contribution in [0, 0.1) is 11.8 Å². The molecule has 1 nitrogen and oxygen atoms in total. The van der Waals surface area contributed by atoms with E-state index in [9.17, 15) is 4.79 Å². The number of hydrogen-bond acceptors (Lipinski definition) is 1. The van der Waals surface area contributed by atoms with Crippen LogP contribution in [0.5, 0.6) is 0 Å². The Hall–Kier alpha value is -0.850. The average molecular weight is 218 g/mol. The number of hydrogen-bond donors (Lipinski definition) is 0. The van der Waals surface area contributed by atoms with E-state index in [2.05, 4.69) is 6.92 Å². The summed E-state index contributed by atoms with van der Waals surface area (Å²) >= 11 is 0. The lowest BCUT2D eigenvalue weighted by molar-refractivity contribution is -0.120. The van der Waals surface area contributed by atoms with Gasteiger partial charge in [-0.3, -0.25) is 4.79 Å². The highest BCUT2D eigenvalue weighted by molar-refractivity contribution is 6.01. The fourth-order valence-corrected chi connectivity index (χ4v) is 2.80. The van der Waals surface area contributed by atoms with Gasteiger partial charge in [0.2, 0.25) is 0 Å². The average Bonchev–Trinajstić information content (AvgIpc) is 2.24. The SMILES string of the molecule is CCCCC1CCC(C(=O)C2=CC=C2)CC1. The molecule has 1 saturated carbocycles. The van der Waals surface area contributed by atoms with Crippen molar-refractivity contribution >= 4 is 5.78 Å². The van der Waals surface area contributed by atoms with Crippen molar-refractivity contribution in [3.05, 3.63) is 23.8 Å². The van der Waals surface area contributed by atoms with Gasteiger partial charge in [-0.15, -0.1) is 0 Å². The summed E-state index contributed by atoms with van der Waals surface area (Å²) in [4.78, 5) is 12.0. The maximum atomic E-state index is 12.0. The van der Waals surface area contributed by atoms with Crippen LogP contribution in [0.3, 0.4) is 0 Å². The lowest BCUT2D eigenvalue weighted by Gasteiger charge is -2.28. The van der Waals surface area contributed by atoms with E-state index < -0.39 is 0 Å². The van der Waals surface area contributed by atoms with E-state index >= 15 is 0 Å². The van der Waals surface area contributed by atoms with Crippen molar-refractivity contribution in [1.82, 2.24) is 0 Å². The van der Waals surface area contributed by atoms with Gasteiger partial charge in [0.25, 0.3) is 0 Å². The molecule has 0 N–H and O–H groups in total. The van der Waals surface area contributed by atoms with Crippen molar-refractivity contribution < 1.29 is 4.79 Å². The molecular formula is C15H22O. The Morgan fingerprint density at radius 2 is 2.00 bits per heavy atom. The molecule has 88 valence electrons. The highest BCUT2D eigenvalue weighted by Crippen LogP contribution is 2.34. The second-order valence-corrected chi connectivity index (χ2v) is 5.21. The molecule has 0 heterocycles. The van der Waals surface area contributed by atoms with E-state index in [1.807, 2.05) is 18.2 Å². The van der Waals surface area contributed by atoms with E-state index in [-0.39, 0.29) is 0 Å². The van der Waals surface area contributed by atoms with Gasteiger partial charge in [0, 0.05) is 11.5 Å². The zero-order chi connectivity index (χ0) is 11.4. The van der Waals surface area contributed by atoms with Crippen LogP contribution >= 0.6 is 0 Å². The highest BCUT2D eigenvalue weighted by atomic mass is 16.1. The van der Waals surface area contributed by atoms with Crippen LogP contribution in [0.1, 0.15) is 51.9 Å². The summed E-state index contributed by atoms with van der Waals surface area (Å²) in [7, 11) is 0. The van der Waals surface area contributed by atoms with Crippen molar-refractivity contribution in [2.45, 2.75) is 51.9 Å². The predicted molar refractivity (Wildman–Crippen MR) is 67.2 cm³/mol. The normalized spacial score (nSPS) is 28.4. The van der Waals surface area contributed by atoms with Crippen molar-refractivity contribution in [2.75, 3.05) is 0 Å². The lowest BCUT2D eigenvalue weighted by Crippen LogP contribution is -2.23. The molecule has 0 saturated heterocycles. The first kappa shape index (κ1) is 11.6. The van der Waals surface area contributed by atoms with Gasteiger partial charge >= 0.3 is 0 Å². The van der Waals surface area contributed by atoms with Gasteiger partial charge in [0.1, 0.15) is 0 Å². The Morgan fingerprint density at radius 1 is 1.31 bits per heavy atom. The molecule has 0 radical (unpaired) electrons. The van der Waals surface area contributed by atoms with E-state index in [4.69, 9.17) is 0 Å². The summed E-state index contributed by atoms with van der Waals surface area (Å²) in [6.07, 6.45) is 14.7. The Morgan fingerprint density at radius 3 is 2.50 bits per heavy atom. The summed E-state index contributed by atoms with van der Waals surface area (Å²) in [5.74, 6) is 1.63. The monoisotopic (exact) mass is 218 g/mol. The Bertz CT molecular complexity index is 303. The number of allylic oxidation sites excluding steroid dienone is 4. The first-order valence-electron chi connectivity index (χ1n) is 6.74. The number of unbranched alkanes of at least 4 members (excludes halogenated alkanes) is 1. The van der Waals surface area contributed by atoms with Crippen molar-refractivity contribution in [2.24, 2.45) is 11.8 Å². The van der Waals surface area contributed by atoms with Gasteiger partial charge in [-0.2, -0.15) is 0 Å². The number of rotatable bonds is 5. The minimum absolute atomic E-state index is 0.328. The molecule has 2 aliphatic carbocycles. The predicted octanol–water partition coefficient (Wildman–Crippen LogP) is 4.05. The fraction of sp³-hybridized carbons (Fsp3) is 0.667. The van der Waals surface area contributed by atoms with E-state index in [1.54, 1.807) is 0 Å². The first-order chi connectivity index (χ1) is 7.81. The Kier molecular flexibility index (Phi) is 3.98. The van der Waals surface area contributed by atoms with Crippen LogP contribution in [0.2, 0.25) is 0 Å². The van der Waals surface area contributed by atoms with Gasteiger partial charge in [-0.25, -0.2) is 0 Å². The molecule has 1 heteroatoms. The largest absolute Gasteiger partial charge is 0.294 e. The number of ketones is 1. The van der Waals surface area contributed by atoms with Crippen LogP contribution in [0.4, 0.5) is 0 Å². The molecule has 0 bridgehead atoms. The minimum atomic E-state index is 0.328. The third-order valence-corrected chi connectivity index (χ3v) is 4.02. The standard InChI is InChI=1S/C15H22O/c1-2-3-5-12-8-10-14(11-9-12)15(16)13-6-4-7-13/h4,6-7,12,14H,2-3,5,8-11H2,1H3. The molecule has 16 heavy (non-hydrogen) atoms. The minimum Gasteiger partial charge on any atom is -0.294 e. The van der Waals surface area contributed by atoms with Gasteiger partial charge in [0.05, 0.1) is 0 Å². The molecule has 0 aromatic rings. The molecule has 2 aliphatic rings. The second kappa shape index (κ2) is 5.47. The molecule has 0 aliphatic heterocycles. The number of Topliss-reactive ketones (excluding diaryl/α,β-unsaturated/α-hetero) is 1. The van der Waals surface area contributed by atoms with E-state index in [0.717, 1.165) is 24.3 Å². The third-order valence-electron chi connectivity index (χ3n) is 4.02. The van der Waals surface area contributed by atoms with E-state index in [1.165, 1.54) is 32.1 Å². The van der Waals surface area contributed by atoms with Crippen LogP contribution in [-0.2, 0) is 4.79 Å². The first-order valence-corrected chi connectivity index (χ1v) is 6.74. The molecule has 0 aromatic carbocycles. The summed E-state index contributed by atoms with van der Waals surface area (Å²) < 4.78 is 0. The van der Waals surface area contributed by atoms with Gasteiger partial charge in [0.15, 0.2) is 5.78 Å². The zero-order valence-corrected chi connectivity index (χ0v) is 10.2. The zero-order valence-electron chi connectivity index (χ0n) is 10.2. The summed E-state index contributed by atoms with van der Waals surface area (Å²) in [6, 6.07) is 0. The molecule has 0 amide bonds.